The van der Waals surface area contributed by atoms with Crippen molar-refractivity contribution in [3.8, 4) is 0 Å². The topological polar surface area (TPSA) is 84.2 Å². The van der Waals surface area contributed by atoms with Gasteiger partial charge in [-0.15, -0.1) is 0 Å². The predicted octanol–water partition coefficient (Wildman–Crippen LogP) is 4.10. The minimum Gasteiger partial charge on any atom is -0.360 e. The first-order valence-electron chi connectivity index (χ1n) is 8.16. The van der Waals surface area contributed by atoms with Crippen LogP contribution in [0.1, 0.15) is 37.6 Å². The Bertz CT molecular complexity index is 959. The molecule has 0 spiro atoms. The predicted molar refractivity (Wildman–Crippen MR) is 99.5 cm³/mol. The molecule has 0 aliphatic rings. The quantitative estimate of drug-likeness (QED) is 0.742. The highest BCUT2D eigenvalue weighted by Crippen LogP contribution is 2.16. The number of anilines is 2. The summed E-state index contributed by atoms with van der Waals surface area (Å²) in [5, 5.41) is 9.21. The fourth-order valence-electron chi connectivity index (χ4n) is 2.41. The van der Waals surface area contributed by atoms with Gasteiger partial charge in [-0.3, -0.25) is 9.59 Å². The number of nitrogens with one attached hydrogen (secondary N) is 2. The highest BCUT2D eigenvalue weighted by atomic mass is 16.5. The minimum atomic E-state index is -0.320. The fraction of sp³-hybridized carbons (Fsp3) is 0.150. The zero-order chi connectivity index (χ0) is 18.7. The lowest BCUT2D eigenvalue weighted by Gasteiger charge is -2.08. The molecule has 1 heterocycles. The summed E-state index contributed by atoms with van der Waals surface area (Å²) in [7, 11) is 0. The molecule has 0 radical (unpaired) electrons. The highest BCUT2D eigenvalue weighted by Gasteiger charge is 2.11. The lowest BCUT2D eigenvalue weighted by Crippen LogP contribution is -2.14. The van der Waals surface area contributed by atoms with E-state index in [-0.39, 0.29) is 11.8 Å². The van der Waals surface area contributed by atoms with E-state index in [9.17, 15) is 9.59 Å². The molecular formula is C20H19N3O3. The van der Waals surface area contributed by atoms with Crippen molar-refractivity contribution in [3.63, 3.8) is 0 Å². The SMILES string of the molecule is Cc1cc(NC(=O)c2ccc(C(=O)Nc3ccc(C)c(C)c3)cc2)no1. The van der Waals surface area contributed by atoms with Gasteiger partial charge in [-0.25, -0.2) is 0 Å². The van der Waals surface area contributed by atoms with E-state index >= 15 is 0 Å². The van der Waals surface area contributed by atoms with Crippen LogP contribution < -0.4 is 10.6 Å². The van der Waals surface area contributed by atoms with E-state index in [0.717, 1.165) is 11.3 Å². The van der Waals surface area contributed by atoms with Crippen LogP contribution in [0.3, 0.4) is 0 Å². The van der Waals surface area contributed by atoms with Gasteiger partial charge in [0.05, 0.1) is 0 Å². The Balaban J connectivity index is 1.67. The van der Waals surface area contributed by atoms with E-state index in [1.54, 1.807) is 37.3 Å². The van der Waals surface area contributed by atoms with E-state index in [2.05, 4.69) is 15.8 Å². The summed E-state index contributed by atoms with van der Waals surface area (Å²) in [4.78, 5) is 24.5. The number of nitrogens with zero attached hydrogens (tertiary/aromatic N) is 1. The first-order valence-corrected chi connectivity index (χ1v) is 8.16. The molecule has 6 nitrogen and oxygen atoms in total. The van der Waals surface area contributed by atoms with Crippen LogP contribution in [0.5, 0.6) is 0 Å². The van der Waals surface area contributed by atoms with Gasteiger partial charge < -0.3 is 15.2 Å². The van der Waals surface area contributed by atoms with Gasteiger partial charge in [-0.2, -0.15) is 0 Å². The summed E-state index contributed by atoms with van der Waals surface area (Å²) in [6.07, 6.45) is 0. The summed E-state index contributed by atoms with van der Waals surface area (Å²) in [5.74, 6) is 0.412. The Kier molecular flexibility index (Phi) is 4.84. The van der Waals surface area contributed by atoms with Crippen LogP contribution in [0, 0.1) is 20.8 Å². The monoisotopic (exact) mass is 349 g/mol. The van der Waals surface area contributed by atoms with Crippen LogP contribution in [0.4, 0.5) is 11.5 Å². The standard InChI is InChI=1S/C20H19N3O3/c1-12-4-9-17(10-13(12)2)21-19(24)15-5-7-16(8-6-15)20(25)22-18-11-14(3)26-23-18/h4-11H,1-3H3,(H,21,24)(H,22,23,25). The molecular weight excluding hydrogens is 330 g/mol. The molecule has 132 valence electrons. The van der Waals surface area contributed by atoms with Crippen LogP contribution in [0.25, 0.3) is 0 Å². The summed E-state index contributed by atoms with van der Waals surface area (Å²) in [6, 6.07) is 13.8. The van der Waals surface area contributed by atoms with Gasteiger partial charge in [0.2, 0.25) is 0 Å². The molecule has 2 aromatic carbocycles. The summed E-state index contributed by atoms with van der Waals surface area (Å²) < 4.78 is 4.91. The van der Waals surface area contributed by atoms with Gasteiger partial charge in [0, 0.05) is 22.9 Å². The zero-order valence-electron chi connectivity index (χ0n) is 14.8. The van der Waals surface area contributed by atoms with E-state index < -0.39 is 0 Å². The maximum atomic E-state index is 12.4. The van der Waals surface area contributed by atoms with Crippen LogP contribution in [-0.2, 0) is 0 Å². The maximum Gasteiger partial charge on any atom is 0.256 e. The van der Waals surface area contributed by atoms with Crippen molar-refractivity contribution in [1.82, 2.24) is 5.16 Å². The summed E-state index contributed by atoms with van der Waals surface area (Å²) >= 11 is 0. The Morgan fingerprint density at radius 3 is 1.96 bits per heavy atom. The molecule has 3 aromatic rings. The highest BCUT2D eigenvalue weighted by molar-refractivity contribution is 6.07. The number of rotatable bonds is 4. The molecule has 0 aliphatic heterocycles. The molecule has 0 saturated heterocycles. The molecule has 2 amide bonds. The molecule has 0 unspecified atom stereocenters. The van der Waals surface area contributed by atoms with Gasteiger partial charge in [0.25, 0.3) is 11.8 Å². The van der Waals surface area contributed by atoms with Gasteiger partial charge in [-0.05, 0) is 68.3 Å². The van der Waals surface area contributed by atoms with Crippen LogP contribution in [0.15, 0.2) is 53.1 Å². The first-order chi connectivity index (χ1) is 12.4. The van der Waals surface area contributed by atoms with Crippen LogP contribution in [-0.4, -0.2) is 17.0 Å². The number of amides is 2. The number of aryl methyl sites for hydroxylation is 3. The Morgan fingerprint density at radius 2 is 1.42 bits per heavy atom. The lowest BCUT2D eigenvalue weighted by molar-refractivity contribution is 0.101. The largest absolute Gasteiger partial charge is 0.360 e. The van der Waals surface area contributed by atoms with Crippen LogP contribution in [0.2, 0.25) is 0 Å². The van der Waals surface area contributed by atoms with Crippen molar-refractivity contribution in [2.45, 2.75) is 20.8 Å². The second-order valence-corrected chi connectivity index (χ2v) is 6.11. The molecule has 2 N–H and O–H groups in total. The van der Waals surface area contributed by atoms with Gasteiger partial charge in [0.15, 0.2) is 5.82 Å². The Morgan fingerprint density at radius 1 is 0.808 bits per heavy atom. The van der Waals surface area contributed by atoms with E-state index in [0.29, 0.717) is 22.7 Å². The van der Waals surface area contributed by atoms with Crippen molar-refractivity contribution in [1.29, 1.82) is 0 Å². The van der Waals surface area contributed by atoms with Gasteiger partial charge in [0.1, 0.15) is 5.76 Å². The van der Waals surface area contributed by atoms with Crippen molar-refractivity contribution in [2.75, 3.05) is 10.6 Å². The number of carbonyl (C=O) groups excluding carboxylic acids is 2. The molecule has 26 heavy (non-hydrogen) atoms. The first kappa shape index (κ1) is 17.4. The summed E-state index contributed by atoms with van der Waals surface area (Å²) in [5.41, 5.74) is 3.91. The second kappa shape index (κ2) is 7.23. The molecule has 0 saturated carbocycles. The molecule has 0 fully saturated rings. The van der Waals surface area contributed by atoms with Crippen molar-refractivity contribution in [2.24, 2.45) is 0 Å². The van der Waals surface area contributed by atoms with E-state index in [4.69, 9.17) is 4.52 Å². The third-order valence-corrected chi connectivity index (χ3v) is 4.04. The molecule has 3 rings (SSSR count). The summed E-state index contributed by atoms with van der Waals surface area (Å²) in [6.45, 7) is 5.76. The third kappa shape index (κ3) is 3.97. The van der Waals surface area contributed by atoms with Crippen molar-refractivity contribution in [3.05, 3.63) is 76.5 Å². The van der Waals surface area contributed by atoms with E-state index in [1.165, 1.54) is 5.56 Å². The molecule has 1 aromatic heterocycles. The molecule has 6 heteroatoms. The Labute approximate surface area is 151 Å². The normalized spacial score (nSPS) is 10.4. The smallest absolute Gasteiger partial charge is 0.256 e. The van der Waals surface area contributed by atoms with Gasteiger partial charge >= 0.3 is 0 Å². The lowest BCUT2D eigenvalue weighted by atomic mass is 10.1. The van der Waals surface area contributed by atoms with Crippen molar-refractivity contribution >= 4 is 23.3 Å². The van der Waals surface area contributed by atoms with Crippen LogP contribution >= 0.6 is 0 Å². The second-order valence-electron chi connectivity index (χ2n) is 6.11. The maximum absolute atomic E-state index is 12.4. The average Bonchev–Trinajstić information content (AvgIpc) is 3.03. The number of hydrogen-bond acceptors (Lipinski definition) is 4. The average molecular weight is 349 g/mol. The molecule has 0 bridgehead atoms. The zero-order valence-corrected chi connectivity index (χ0v) is 14.8. The van der Waals surface area contributed by atoms with Crippen molar-refractivity contribution < 1.29 is 14.1 Å². The number of aromatic nitrogens is 1. The number of carbonyl (C=O) groups is 2. The van der Waals surface area contributed by atoms with Gasteiger partial charge in [-0.1, -0.05) is 11.2 Å². The molecule has 0 atom stereocenters. The number of hydrogen-bond donors (Lipinski definition) is 2. The number of benzene rings is 2. The molecule has 0 aliphatic carbocycles. The minimum absolute atomic E-state index is 0.229. The Hall–Kier alpha value is -3.41. The van der Waals surface area contributed by atoms with E-state index in [1.807, 2.05) is 32.0 Å². The fourth-order valence-corrected chi connectivity index (χ4v) is 2.41. The third-order valence-electron chi connectivity index (χ3n) is 4.04.